The highest BCUT2D eigenvalue weighted by molar-refractivity contribution is 5.49. The largest absolute Gasteiger partial charge is 0.459 e. The summed E-state index contributed by atoms with van der Waals surface area (Å²) in [6.07, 6.45) is 0. The Morgan fingerprint density at radius 3 is 1.88 bits per heavy atom. The van der Waals surface area contributed by atoms with Crippen LogP contribution in [0.4, 0.5) is 0 Å². The standard InChI is InChI=1S/C21H20N2O/c22-21(23)20(16-11-5-2-6-12-16)19(15-9-3-1-4-10-15)17-13-7-8-14-18(17)24-21/h1-14,19-20H,22-23H2/t19-,20-/m0/s1. The zero-order chi connectivity index (χ0) is 16.6. The average Bonchev–Trinajstić information content (AvgIpc) is 2.61. The van der Waals surface area contributed by atoms with Gasteiger partial charge in [0.2, 0.25) is 5.85 Å². The highest BCUT2D eigenvalue weighted by Crippen LogP contribution is 2.49. The fourth-order valence-electron chi connectivity index (χ4n) is 3.67. The van der Waals surface area contributed by atoms with Gasteiger partial charge in [0.05, 0.1) is 5.92 Å². The maximum atomic E-state index is 6.45. The lowest BCUT2D eigenvalue weighted by atomic mass is 9.72. The van der Waals surface area contributed by atoms with E-state index in [1.807, 2.05) is 54.6 Å². The molecule has 24 heavy (non-hydrogen) atoms. The minimum Gasteiger partial charge on any atom is -0.459 e. The van der Waals surface area contributed by atoms with Gasteiger partial charge in [-0.1, -0.05) is 78.9 Å². The molecule has 3 heteroatoms. The Kier molecular flexibility index (Phi) is 3.60. The van der Waals surface area contributed by atoms with Crippen LogP contribution >= 0.6 is 0 Å². The van der Waals surface area contributed by atoms with Crippen molar-refractivity contribution in [2.75, 3.05) is 0 Å². The van der Waals surface area contributed by atoms with Gasteiger partial charge in [-0.25, -0.2) is 0 Å². The van der Waals surface area contributed by atoms with Crippen LogP contribution in [0, 0.1) is 0 Å². The molecular formula is C21H20N2O. The van der Waals surface area contributed by atoms with Crippen molar-refractivity contribution in [2.24, 2.45) is 11.5 Å². The van der Waals surface area contributed by atoms with Crippen molar-refractivity contribution in [3.63, 3.8) is 0 Å². The van der Waals surface area contributed by atoms with E-state index in [1.165, 1.54) is 5.56 Å². The van der Waals surface area contributed by atoms with Gasteiger partial charge in [0.15, 0.2) is 0 Å². The highest BCUT2D eigenvalue weighted by atomic mass is 16.5. The third kappa shape index (κ3) is 2.48. The van der Waals surface area contributed by atoms with Crippen LogP contribution in [0.3, 0.4) is 0 Å². The lowest BCUT2D eigenvalue weighted by Gasteiger charge is -2.44. The van der Waals surface area contributed by atoms with Crippen LogP contribution in [0.15, 0.2) is 84.9 Å². The van der Waals surface area contributed by atoms with E-state index < -0.39 is 5.85 Å². The van der Waals surface area contributed by atoms with Crippen molar-refractivity contribution in [2.45, 2.75) is 17.7 Å². The van der Waals surface area contributed by atoms with Gasteiger partial charge in [0, 0.05) is 11.5 Å². The summed E-state index contributed by atoms with van der Waals surface area (Å²) in [5.41, 5.74) is 16.3. The maximum Gasteiger partial charge on any atom is 0.220 e. The normalized spacial score (nSPS) is 21.6. The first kappa shape index (κ1) is 14.9. The van der Waals surface area contributed by atoms with Crippen molar-refractivity contribution in [3.05, 3.63) is 102 Å². The van der Waals surface area contributed by atoms with Crippen LogP contribution in [0.1, 0.15) is 28.5 Å². The Labute approximate surface area is 141 Å². The SMILES string of the molecule is NC1(N)Oc2ccccc2[C@H](c2ccccc2)[C@@H]1c1ccccc1. The average molecular weight is 316 g/mol. The molecule has 0 unspecified atom stereocenters. The van der Waals surface area contributed by atoms with E-state index in [1.54, 1.807) is 0 Å². The molecule has 0 radical (unpaired) electrons. The van der Waals surface area contributed by atoms with Crippen molar-refractivity contribution in [3.8, 4) is 5.75 Å². The number of hydrogen-bond acceptors (Lipinski definition) is 3. The number of fused-ring (bicyclic) bond motifs is 1. The summed E-state index contributed by atoms with van der Waals surface area (Å²) in [6.45, 7) is 0. The molecule has 2 atom stereocenters. The van der Waals surface area contributed by atoms with Gasteiger partial charge in [0.25, 0.3) is 0 Å². The molecule has 120 valence electrons. The van der Waals surface area contributed by atoms with E-state index in [-0.39, 0.29) is 11.8 Å². The number of rotatable bonds is 2. The van der Waals surface area contributed by atoms with Gasteiger partial charge in [-0.3, -0.25) is 11.5 Å². The molecule has 3 aromatic carbocycles. The molecule has 4 rings (SSSR count). The van der Waals surface area contributed by atoms with Crippen LogP contribution in [0.5, 0.6) is 5.75 Å². The molecule has 3 aromatic rings. The van der Waals surface area contributed by atoms with Crippen molar-refractivity contribution in [1.29, 1.82) is 0 Å². The number of nitrogens with two attached hydrogens (primary N) is 2. The number of ether oxygens (including phenoxy) is 1. The molecule has 0 aromatic heterocycles. The molecule has 1 aliphatic rings. The summed E-state index contributed by atoms with van der Waals surface area (Å²) in [5, 5.41) is 0. The van der Waals surface area contributed by atoms with E-state index in [9.17, 15) is 0 Å². The smallest absolute Gasteiger partial charge is 0.220 e. The van der Waals surface area contributed by atoms with Crippen LogP contribution in [-0.2, 0) is 0 Å². The second-order valence-corrected chi connectivity index (χ2v) is 6.27. The third-order valence-electron chi connectivity index (χ3n) is 4.68. The van der Waals surface area contributed by atoms with E-state index >= 15 is 0 Å². The Morgan fingerprint density at radius 2 is 1.21 bits per heavy atom. The Morgan fingerprint density at radius 1 is 0.667 bits per heavy atom. The fraction of sp³-hybridized carbons (Fsp3) is 0.143. The summed E-state index contributed by atoms with van der Waals surface area (Å²) < 4.78 is 5.99. The highest BCUT2D eigenvalue weighted by Gasteiger charge is 2.46. The van der Waals surface area contributed by atoms with Crippen LogP contribution in [0.2, 0.25) is 0 Å². The van der Waals surface area contributed by atoms with E-state index in [2.05, 4.69) is 30.3 Å². The zero-order valence-corrected chi connectivity index (χ0v) is 13.3. The lowest BCUT2D eigenvalue weighted by Crippen LogP contribution is -2.62. The van der Waals surface area contributed by atoms with Crippen LogP contribution in [-0.4, -0.2) is 5.85 Å². The second-order valence-electron chi connectivity index (χ2n) is 6.27. The lowest BCUT2D eigenvalue weighted by molar-refractivity contribution is 0.0290. The van der Waals surface area contributed by atoms with Gasteiger partial charge >= 0.3 is 0 Å². The predicted octanol–water partition coefficient (Wildman–Crippen LogP) is 3.57. The van der Waals surface area contributed by atoms with Crippen LogP contribution in [0.25, 0.3) is 0 Å². The topological polar surface area (TPSA) is 61.3 Å². The first-order chi connectivity index (χ1) is 11.7. The molecule has 0 saturated heterocycles. The quantitative estimate of drug-likeness (QED) is 0.711. The second kappa shape index (κ2) is 5.78. The third-order valence-corrected chi connectivity index (χ3v) is 4.68. The van der Waals surface area contributed by atoms with E-state index in [0.29, 0.717) is 0 Å². The number of hydrogen-bond donors (Lipinski definition) is 2. The monoisotopic (exact) mass is 316 g/mol. The fourth-order valence-corrected chi connectivity index (χ4v) is 3.67. The van der Waals surface area contributed by atoms with Crippen LogP contribution < -0.4 is 16.2 Å². The summed E-state index contributed by atoms with van der Waals surface area (Å²) in [6, 6.07) is 28.5. The van der Waals surface area contributed by atoms with Gasteiger partial charge in [-0.2, -0.15) is 0 Å². The minimum atomic E-state index is -1.28. The van der Waals surface area contributed by atoms with E-state index in [4.69, 9.17) is 16.2 Å². The molecular weight excluding hydrogens is 296 g/mol. The summed E-state index contributed by atoms with van der Waals surface area (Å²) >= 11 is 0. The first-order valence-electron chi connectivity index (χ1n) is 8.12. The first-order valence-corrected chi connectivity index (χ1v) is 8.12. The molecule has 0 fully saturated rings. The molecule has 3 nitrogen and oxygen atoms in total. The molecule has 0 spiro atoms. The predicted molar refractivity (Wildman–Crippen MR) is 95.6 cm³/mol. The van der Waals surface area contributed by atoms with Crippen molar-refractivity contribution < 1.29 is 4.74 Å². The van der Waals surface area contributed by atoms with Gasteiger partial charge in [-0.15, -0.1) is 0 Å². The van der Waals surface area contributed by atoms with Gasteiger partial charge in [0.1, 0.15) is 5.75 Å². The molecule has 0 amide bonds. The Hall–Kier alpha value is -2.62. The number of para-hydroxylation sites is 1. The summed E-state index contributed by atoms with van der Waals surface area (Å²) in [5.74, 6) is -0.677. The molecule has 1 aliphatic heterocycles. The minimum absolute atomic E-state index is 0.0357. The Balaban J connectivity index is 1.95. The number of benzene rings is 3. The molecule has 0 aliphatic carbocycles. The molecule has 0 saturated carbocycles. The Bertz CT molecular complexity index is 831. The summed E-state index contributed by atoms with van der Waals surface area (Å²) in [4.78, 5) is 0. The molecule has 4 N–H and O–H groups in total. The molecule has 1 heterocycles. The van der Waals surface area contributed by atoms with E-state index in [0.717, 1.165) is 16.9 Å². The van der Waals surface area contributed by atoms with Crippen molar-refractivity contribution in [1.82, 2.24) is 0 Å². The van der Waals surface area contributed by atoms with Crippen molar-refractivity contribution >= 4 is 0 Å². The summed E-state index contributed by atoms with van der Waals surface area (Å²) in [7, 11) is 0. The zero-order valence-electron chi connectivity index (χ0n) is 13.3. The maximum absolute atomic E-state index is 6.45. The van der Waals surface area contributed by atoms with Gasteiger partial charge < -0.3 is 4.74 Å². The van der Waals surface area contributed by atoms with Gasteiger partial charge in [-0.05, 0) is 17.2 Å². The molecule has 0 bridgehead atoms.